The first-order valence-electron chi connectivity index (χ1n) is 8.75. The van der Waals surface area contributed by atoms with Crippen LogP contribution in [0.25, 0.3) is 5.69 Å². The van der Waals surface area contributed by atoms with Crippen LogP contribution in [0.15, 0.2) is 60.0 Å². The molecular weight excluding hydrogens is 360 g/mol. The summed E-state index contributed by atoms with van der Waals surface area (Å²) in [6.07, 6.45) is 2.53. The molecule has 4 rings (SSSR count). The van der Waals surface area contributed by atoms with Gasteiger partial charge in [-0.15, -0.1) is 10.2 Å². The van der Waals surface area contributed by atoms with Crippen LogP contribution in [0.2, 0.25) is 0 Å². The maximum Gasteiger partial charge on any atom is 0.237 e. The first-order valence-corrected chi connectivity index (χ1v) is 9.73. The second kappa shape index (κ2) is 7.44. The van der Waals surface area contributed by atoms with Crippen LogP contribution in [0.3, 0.4) is 0 Å². The Kier molecular flexibility index (Phi) is 4.85. The zero-order valence-electron chi connectivity index (χ0n) is 15.2. The molecule has 1 unspecified atom stereocenters. The number of para-hydroxylation sites is 3. The summed E-state index contributed by atoms with van der Waals surface area (Å²) in [5, 5.41) is 8.85. The second-order valence-electron chi connectivity index (χ2n) is 6.39. The summed E-state index contributed by atoms with van der Waals surface area (Å²) in [6.45, 7) is 2.08. The molecule has 1 aliphatic rings. The van der Waals surface area contributed by atoms with Gasteiger partial charge >= 0.3 is 0 Å². The van der Waals surface area contributed by atoms with E-state index < -0.39 is 0 Å². The van der Waals surface area contributed by atoms with Crippen molar-refractivity contribution in [3.8, 4) is 11.4 Å². The fourth-order valence-corrected chi connectivity index (χ4v) is 4.24. The lowest BCUT2D eigenvalue weighted by molar-refractivity contribution is -0.116. The molecule has 0 fully saturated rings. The van der Waals surface area contributed by atoms with Crippen LogP contribution < -0.4 is 9.64 Å². The number of ether oxygens (including phenoxy) is 1. The summed E-state index contributed by atoms with van der Waals surface area (Å²) in [7, 11) is 1.63. The van der Waals surface area contributed by atoms with E-state index in [4.69, 9.17) is 4.74 Å². The van der Waals surface area contributed by atoms with Gasteiger partial charge in [-0.25, -0.2) is 0 Å². The standard InChI is InChI=1S/C20H20N4O2S/c1-14-11-15-7-3-4-8-16(15)24(14)19(25)12-27-20-22-21-13-23(20)17-9-5-6-10-18(17)26-2/h3-10,13-14H,11-12H2,1-2H3. The molecule has 27 heavy (non-hydrogen) atoms. The summed E-state index contributed by atoms with van der Waals surface area (Å²) in [5.74, 6) is 1.10. The van der Waals surface area contributed by atoms with Gasteiger partial charge in [0.2, 0.25) is 5.91 Å². The fourth-order valence-electron chi connectivity index (χ4n) is 3.46. The summed E-state index contributed by atoms with van der Waals surface area (Å²) < 4.78 is 7.27. The van der Waals surface area contributed by atoms with Crippen LogP contribution in [0.5, 0.6) is 5.75 Å². The highest BCUT2D eigenvalue weighted by atomic mass is 32.2. The lowest BCUT2D eigenvalue weighted by Gasteiger charge is -2.22. The minimum atomic E-state index is 0.0760. The molecule has 0 N–H and O–H groups in total. The predicted molar refractivity (Wildman–Crippen MR) is 106 cm³/mol. The van der Waals surface area contributed by atoms with Crippen LogP contribution in [-0.2, 0) is 11.2 Å². The summed E-state index contributed by atoms with van der Waals surface area (Å²) >= 11 is 1.38. The van der Waals surface area contributed by atoms with Crippen molar-refractivity contribution < 1.29 is 9.53 Å². The normalized spacial score (nSPS) is 15.6. The van der Waals surface area contributed by atoms with E-state index in [0.29, 0.717) is 10.9 Å². The summed E-state index contributed by atoms with van der Waals surface area (Å²) in [5.41, 5.74) is 3.09. The molecule has 0 saturated carbocycles. The van der Waals surface area contributed by atoms with Crippen molar-refractivity contribution in [2.45, 2.75) is 24.5 Å². The fraction of sp³-hybridized carbons (Fsp3) is 0.250. The first-order chi connectivity index (χ1) is 13.2. The molecule has 0 bridgehead atoms. The third kappa shape index (κ3) is 3.30. The topological polar surface area (TPSA) is 60.2 Å². The van der Waals surface area contributed by atoms with E-state index in [1.54, 1.807) is 13.4 Å². The zero-order valence-corrected chi connectivity index (χ0v) is 16.0. The van der Waals surface area contributed by atoms with Crippen LogP contribution in [0.1, 0.15) is 12.5 Å². The van der Waals surface area contributed by atoms with Crippen molar-refractivity contribution in [2.75, 3.05) is 17.8 Å². The van der Waals surface area contributed by atoms with Crippen molar-refractivity contribution in [3.05, 3.63) is 60.4 Å². The summed E-state index contributed by atoms with van der Waals surface area (Å²) in [6, 6.07) is 15.9. The molecule has 0 radical (unpaired) electrons. The molecule has 138 valence electrons. The van der Waals surface area contributed by atoms with Crippen molar-refractivity contribution in [1.29, 1.82) is 0 Å². The van der Waals surface area contributed by atoms with E-state index in [0.717, 1.165) is 23.5 Å². The number of nitrogens with zero attached hydrogens (tertiary/aromatic N) is 4. The number of fused-ring (bicyclic) bond motifs is 1. The average Bonchev–Trinajstić information content (AvgIpc) is 3.29. The number of amides is 1. The third-order valence-electron chi connectivity index (χ3n) is 4.66. The Labute approximate surface area is 162 Å². The van der Waals surface area contributed by atoms with Crippen molar-refractivity contribution in [2.24, 2.45) is 0 Å². The van der Waals surface area contributed by atoms with Gasteiger partial charge in [0.15, 0.2) is 5.16 Å². The van der Waals surface area contributed by atoms with Gasteiger partial charge in [-0.2, -0.15) is 0 Å². The number of hydrogen-bond donors (Lipinski definition) is 0. The van der Waals surface area contributed by atoms with Crippen molar-refractivity contribution >= 4 is 23.4 Å². The maximum absolute atomic E-state index is 12.9. The molecular formula is C20H20N4O2S. The van der Waals surface area contributed by atoms with Gasteiger partial charge in [0.1, 0.15) is 12.1 Å². The highest BCUT2D eigenvalue weighted by Gasteiger charge is 2.30. The van der Waals surface area contributed by atoms with Crippen molar-refractivity contribution in [1.82, 2.24) is 14.8 Å². The molecule has 6 nitrogen and oxygen atoms in total. The summed E-state index contributed by atoms with van der Waals surface area (Å²) in [4.78, 5) is 14.8. The van der Waals surface area contributed by atoms with Gasteiger partial charge in [-0.1, -0.05) is 42.1 Å². The van der Waals surface area contributed by atoms with E-state index in [1.165, 1.54) is 17.3 Å². The molecule has 1 amide bonds. The lowest BCUT2D eigenvalue weighted by atomic mass is 10.1. The smallest absolute Gasteiger partial charge is 0.237 e. The number of anilines is 1. The number of rotatable bonds is 5. The largest absolute Gasteiger partial charge is 0.495 e. The molecule has 3 aromatic rings. The first kappa shape index (κ1) is 17.6. The average molecular weight is 380 g/mol. The van der Waals surface area contributed by atoms with Gasteiger partial charge in [-0.3, -0.25) is 9.36 Å². The number of benzene rings is 2. The highest BCUT2D eigenvalue weighted by molar-refractivity contribution is 7.99. The second-order valence-corrected chi connectivity index (χ2v) is 7.33. The van der Waals surface area contributed by atoms with Gasteiger partial charge in [-0.05, 0) is 37.1 Å². The Balaban J connectivity index is 1.52. The van der Waals surface area contributed by atoms with E-state index in [-0.39, 0.29) is 11.9 Å². The van der Waals surface area contributed by atoms with Gasteiger partial charge in [0.05, 0.1) is 18.6 Å². The van der Waals surface area contributed by atoms with Gasteiger partial charge in [0.25, 0.3) is 0 Å². The molecule has 0 saturated heterocycles. The Bertz CT molecular complexity index is 972. The minimum absolute atomic E-state index is 0.0760. The lowest BCUT2D eigenvalue weighted by Crippen LogP contribution is -2.37. The molecule has 0 spiro atoms. The monoisotopic (exact) mass is 380 g/mol. The molecule has 2 aromatic carbocycles. The van der Waals surface area contributed by atoms with E-state index in [2.05, 4.69) is 23.2 Å². The SMILES string of the molecule is COc1ccccc1-n1cnnc1SCC(=O)N1c2ccccc2CC1C. The molecule has 1 atom stereocenters. The van der Waals surface area contributed by atoms with E-state index in [9.17, 15) is 4.79 Å². The van der Waals surface area contributed by atoms with Crippen LogP contribution in [-0.4, -0.2) is 39.6 Å². The Morgan fingerprint density at radius 1 is 1.19 bits per heavy atom. The number of hydrogen-bond acceptors (Lipinski definition) is 5. The quantitative estimate of drug-likeness (QED) is 0.636. The molecule has 1 aromatic heterocycles. The number of thioether (sulfide) groups is 1. The van der Waals surface area contributed by atoms with E-state index in [1.807, 2.05) is 51.9 Å². The molecule has 1 aliphatic heterocycles. The van der Waals surface area contributed by atoms with Crippen LogP contribution in [0.4, 0.5) is 5.69 Å². The van der Waals surface area contributed by atoms with Gasteiger partial charge in [0, 0.05) is 11.7 Å². The minimum Gasteiger partial charge on any atom is -0.495 e. The third-order valence-corrected chi connectivity index (χ3v) is 5.59. The van der Waals surface area contributed by atoms with Gasteiger partial charge < -0.3 is 9.64 Å². The molecule has 7 heteroatoms. The Morgan fingerprint density at radius 3 is 2.74 bits per heavy atom. The Hall–Kier alpha value is -2.80. The van der Waals surface area contributed by atoms with E-state index >= 15 is 0 Å². The predicted octanol–water partition coefficient (Wildman–Crippen LogP) is 3.35. The van der Waals surface area contributed by atoms with Crippen LogP contribution >= 0.6 is 11.8 Å². The van der Waals surface area contributed by atoms with Crippen molar-refractivity contribution in [3.63, 3.8) is 0 Å². The number of aromatic nitrogens is 3. The zero-order chi connectivity index (χ0) is 18.8. The number of methoxy groups -OCH3 is 1. The number of carbonyl (C=O) groups is 1. The Morgan fingerprint density at radius 2 is 1.93 bits per heavy atom. The number of carbonyl (C=O) groups excluding carboxylic acids is 1. The van der Waals surface area contributed by atoms with Crippen LogP contribution in [0, 0.1) is 0 Å². The highest BCUT2D eigenvalue weighted by Crippen LogP contribution is 2.33. The molecule has 2 heterocycles. The maximum atomic E-state index is 12.9. The molecule has 0 aliphatic carbocycles.